The summed E-state index contributed by atoms with van der Waals surface area (Å²) in [6, 6.07) is -0.598. The van der Waals surface area contributed by atoms with Gasteiger partial charge in [0, 0.05) is 6.42 Å². The predicted molar refractivity (Wildman–Crippen MR) is 47.1 cm³/mol. The lowest BCUT2D eigenvalue weighted by molar-refractivity contribution is -0.139. The van der Waals surface area contributed by atoms with E-state index in [2.05, 4.69) is 5.32 Å². The van der Waals surface area contributed by atoms with E-state index in [1.165, 1.54) is 6.92 Å². The monoisotopic (exact) mass is 175 g/mol. The Morgan fingerprint density at radius 1 is 1.50 bits per heavy atom. The number of carbonyl (C=O) groups excluding carboxylic acids is 1. The van der Waals surface area contributed by atoms with Crippen molar-refractivity contribution in [2.75, 3.05) is 7.05 Å². The third-order valence-electron chi connectivity index (χ3n) is 1.43. The van der Waals surface area contributed by atoms with Crippen LogP contribution in [0, 0.1) is 0 Å². The normalized spacial score (nSPS) is 11.5. The number of hydrogen-bond donors (Lipinski definition) is 2. The van der Waals surface area contributed by atoms with Crippen molar-refractivity contribution < 1.29 is 14.7 Å². The van der Waals surface area contributed by atoms with Crippen LogP contribution in [-0.4, -0.2) is 29.9 Å². The highest BCUT2D eigenvalue weighted by Gasteiger charge is 2.14. The van der Waals surface area contributed by atoms with Crippen molar-refractivity contribution in [3.8, 4) is 0 Å². The number of ketones is 1. The molecule has 0 fully saturated rings. The van der Waals surface area contributed by atoms with Gasteiger partial charge in [-0.1, -0.05) is 7.43 Å². The van der Waals surface area contributed by atoms with Crippen molar-refractivity contribution in [2.45, 2.75) is 33.2 Å². The van der Waals surface area contributed by atoms with Crippen molar-refractivity contribution in [1.29, 1.82) is 0 Å². The quantitative estimate of drug-likeness (QED) is 0.644. The Morgan fingerprint density at radius 3 is 2.25 bits per heavy atom. The Morgan fingerprint density at radius 2 is 2.00 bits per heavy atom. The molecule has 0 spiro atoms. The fraction of sp³-hybridized carbons (Fsp3) is 0.750. The molecule has 0 aromatic rings. The summed E-state index contributed by atoms with van der Waals surface area (Å²) in [6.07, 6.45) is 0.680. The number of Topliss-reactive ketones (excluding diaryl/α,β-unsaturated/α-hetero) is 1. The van der Waals surface area contributed by atoms with Crippen LogP contribution in [0.2, 0.25) is 0 Å². The number of rotatable bonds is 5. The lowest BCUT2D eigenvalue weighted by Gasteiger charge is -2.08. The van der Waals surface area contributed by atoms with Gasteiger partial charge >= 0.3 is 5.97 Å². The van der Waals surface area contributed by atoms with Crippen LogP contribution in [0.3, 0.4) is 0 Å². The first kappa shape index (κ1) is 13.7. The summed E-state index contributed by atoms with van der Waals surface area (Å²) in [5, 5.41) is 11.1. The number of carboxylic acid groups (broad SMARTS) is 1. The van der Waals surface area contributed by atoms with E-state index in [0.717, 1.165) is 0 Å². The largest absolute Gasteiger partial charge is 0.480 e. The molecular weight excluding hydrogens is 158 g/mol. The van der Waals surface area contributed by atoms with Gasteiger partial charge in [0.2, 0.25) is 0 Å². The van der Waals surface area contributed by atoms with Crippen LogP contribution in [-0.2, 0) is 9.59 Å². The van der Waals surface area contributed by atoms with Gasteiger partial charge in [-0.2, -0.15) is 0 Å². The van der Waals surface area contributed by atoms with Crippen LogP contribution in [0.15, 0.2) is 0 Å². The fourth-order valence-corrected chi connectivity index (χ4v) is 0.739. The zero-order chi connectivity index (χ0) is 8.85. The van der Waals surface area contributed by atoms with Gasteiger partial charge in [0.1, 0.15) is 11.8 Å². The molecule has 0 bridgehead atoms. The molecule has 4 heteroatoms. The van der Waals surface area contributed by atoms with Crippen LogP contribution in [0.5, 0.6) is 0 Å². The standard InChI is InChI=1S/C7H13NO3.CH4/c1-5(9)3-4-6(8-2)7(10)11;/h6,8H,3-4H2,1-2H3,(H,10,11);1H4. The van der Waals surface area contributed by atoms with E-state index in [1.54, 1.807) is 7.05 Å². The Bertz CT molecular complexity index is 156. The first-order valence-electron chi connectivity index (χ1n) is 3.47. The zero-order valence-corrected chi connectivity index (χ0v) is 6.76. The molecule has 12 heavy (non-hydrogen) atoms. The molecule has 0 heterocycles. The maximum Gasteiger partial charge on any atom is 0.320 e. The van der Waals surface area contributed by atoms with Crippen molar-refractivity contribution in [3.05, 3.63) is 0 Å². The van der Waals surface area contributed by atoms with Gasteiger partial charge in [-0.05, 0) is 20.4 Å². The molecule has 0 radical (unpaired) electrons. The molecule has 0 aromatic heterocycles. The lowest BCUT2D eigenvalue weighted by Crippen LogP contribution is -2.34. The zero-order valence-electron chi connectivity index (χ0n) is 6.76. The topological polar surface area (TPSA) is 66.4 Å². The minimum Gasteiger partial charge on any atom is -0.480 e. The van der Waals surface area contributed by atoms with Gasteiger partial charge in [-0.25, -0.2) is 0 Å². The van der Waals surface area contributed by atoms with Gasteiger partial charge in [0.05, 0.1) is 0 Å². The Hall–Kier alpha value is -0.900. The molecule has 0 amide bonds. The van der Waals surface area contributed by atoms with Crippen molar-refractivity contribution >= 4 is 11.8 Å². The van der Waals surface area contributed by atoms with E-state index in [-0.39, 0.29) is 13.2 Å². The van der Waals surface area contributed by atoms with Gasteiger partial charge in [0.25, 0.3) is 0 Å². The molecule has 72 valence electrons. The molecule has 0 aliphatic heterocycles. The molecule has 0 aliphatic carbocycles. The average molecular weight is 175 g/mol. The second-order valence-corrected chi connectivity index (χ2v) is 2.42. The molecule has 4 nitrogen and oxygen atoms in total. The van der Waals surface area contributed by atoms with E-state index in [1.807, 2.05) is 0 Å². The van der Waals surface area contributed by atoms with E-state index < -0.39 is 12.0 Å². The second-order valence-electron chi connectivity index (χ2n) is 2.42. The highest BCUT2D eigenvalue weighted by molar-refractivity contribution is 5.78. The molecule has 0 rings (SSSR count). The lowest BCUT2D eigenvalue weighted by atomic mass is 10.1. The number of carbonyl (C=O) groups is 2. The van der Waals surface area contributed by atoms with Gasteiger partial charge in [-0.3, -0.25) is 4.79 Å². The second kappa shape index (κ2) is 6.79. The Balaban J connectivity index is 0. The first-order valence-corrected chi connectivity index (χ1v) is 3.47. The SMILES string of the molecule is C.CNC(CCC(C)=O)C(=O)O. The summed E-state index contributed by atoms with van der Waals surface area (Å²) in [7, 11) is 1.57. The van der Waals surface area contributed by atoms with Crippen LogP contribution in [0.4, 0.5) is 0 Å². The van der Waals surface area contributed by atoms with Crippen LogP contribution >= 0.6 is 0 Å². The van der Waals surface area contributed by atoms with Crippen molar-refractivity contribution in [2.24, 2.45) is 0 Å². The number of nitrogens with one attached hydrogen (secondary N) is 1. The van der Waals surface area contributed by atoms with E-state index in [0.29, 0.717) is 12.8 Å². The minimum atomic E-state index is -0.909. The predicted octanol–water partition coefficient (Wildman–Crippen LogP) is 0.664. The maximum atomic E-state index is 10.5. The van der Waals surface area contributed by atoms with E-state index >= 15 is 0 Å². The van der Waals surface area contributed by atoms with E-state index in [4.69, 9.17) is 5.11 Å². The van der Waals surface area contributed by atoms with Crippen LogP contribution in [0.1, 0.15) is 27.2 Å². The highest BCUT2D eigenvalue weighted by atomic mass is 16.4. The third kappa shape index (κ3) is 5.85. The summed E-state index contributed by atoms with van der Waals surface area (Å²) in [4.78, 5) is 20.8. The summed E-state index contributed by atoms with van der Waals surface area (Å²) in [5.74, 6) is -0.889. The van der Waals surface area contributed by atoms with Crippen LogP contribution < -0.4 is 5.32 Å². The number of likely N-dealkylation sites (N-methyl/N-ethyl adjacent to an activating group) is 1. The number of carboxylic acids is 1. The van der Waals surface area contributed by atoms with Crippen molar-refractivity contribution in [3.63, 3.8) is 0 Å². The molecule has 2 N–H and O–H groups in total. The molecule has 1 atom stereocenters. The average Bonchev–Trinajstić information content (AvgIpc) is 1.87. The molecule has 0 aromatic carbocycles. The first-order chi connectivity index (χ1) is 5.07. The number of aliphatic carboxylic acids is 1. The van der Waals surface area contributed by atoms with E-state index in [9.17, 15) is 9.59 Å². The van der Waals surface area contributed by atoms with Gasteiger partial charge in [0.15, 0.2) is 0 Å². The third-order valence-corrected chi connectivity index (χ3v) is 1.43. The molecule has 1 unspecified atom stereocenters. The Labute approximate surface area is 73.0 Å². The van der Waals surface area contributed by atoms with Crippen molar-refractivity contribution in [1.82, 2.24) is 5.32 Å². The van der Waals surface area contributed by atoms with Gasteiger partial charge < -0.3 is 15.2 Å². The number of hydrogen-bond acceptors (Lipinski definition) is 3. The highest BCUT2D eigenvalue weighted by Crippen LogP contribution is 1.97. The summed E-state index contributed by atoms with van der Waals surface area (Å²) >= 11 is 0. The molecule has 0 aliphatic rings. The fourth-order valence-electron chi connectivity index (χ4n) is 0.739. The molecular formula is C8H17NO3. The Kier molecular flexibility index (Phi) is 7.73. The molecule has 0 saturated heterocycles. The summed E-state index contributed by atoms with van der Waals surface area (Å²) in [6.45, 7) is 1.45. The smallest absolute Gasteiger partial charge is 0.320 e. The molecule has 0 saturated carbocycles. The summed E-state index contributed by atoms with van der Waals surface area (Å²) < 4.78 is 0. The minimum absolute atomic E-state index is 0. The maximum absolute atomic E-state index is 10.5. The summed E-state index contributed by atoms with van der Waals surface area (Å²) in [5.41, 5.74) is 0. The van der Waals surface area contributed by atoms with Gasteiger partial charge in [-0.15, -0.1) is 0 Å². The van der Waals surface area contributed by atoms with Crippen LogP contribution in [0.25, 0.3) is 0 Å².